The van der Waals surface area contributed by atoms with E-state index in [1.807, 2.05) is 0 Å². The Hall–Kier alpha value is -1.62. The van der Waals surface area contributed by atoms with Gasteiger partial charge in [-0.05, 0) is 25.0 Å². The van der Waals surface area contributed by atoms with Gasteiger partial charge in [0.2, 0.25) is 0 Å². The second-order valence-corrected chi connectivity index (χ2v) is 3.82. The number of ether oxygens (including phenoxy) is 1. The summed E-state index contributed by atoms with van der Waals surface area (Å²) in [6.45, 7) is 1.46. The van der Waals surface area contributed by atoms with Crippen LogP contribution in [0.5, 0.6) is 0 Å². The van der Waals surface area contributed by atoms with E-state index < -0.39 is 5.91 Å². The molecule has 1 amide bonds. The maximum Gasteiger partial charge on any atom is 0.252 e. The van der Waals surface area contributed by atoms with Crippen molar-refractivity contribution < 1.29 is 9.53 Å². The Bertz CT molecular complexity index is 375. The van der Waals surface area contributed by atoms with Crippen LogP contribution in [0, 0.1) is 0 Å². The first-order chi connectivity index (χ1) is 7.77. The van der Waals surface area contributed by atoms with Gasteiger partial charge in [-0.15, -0.1) is 0 Å². The minimum absolute atomic E-state index is 0.210. The Kier molecular flexibility index (Phi) is 3.36. The fourth-order valence-electron chi connectivity index (χ4n) is 1.77. The lowest BCUT2D eigenvalue weighted by Gasteiger charge is -2.24. The highest BCUT2D eigenvalue weighted by atomic mass is 16.5. The Morgan fingerprint density at radius 3 is 3.19 bits per heavy atom. The van der Waals surface area contributed by atoms with Crippen molar-refractivity contribution in [3.05, 3.63) is 23.9 Å². The molecule has 3 N–H and O–H groups in total. The number of carbonyl (C=O) groups is 1. The van der Waals surface area contributed by atoms with E-state index in [4.69, 9.17) is 10.5 Å². The van der Waals surface area contributed by atoms with Crippen molar-refractivity contribution in [2.45, 2.75) is 18.9 Å². The third kappa shape index (κ3) is 2.49. The summed E-state index contributed by atoms with van der Waals surface area (Å²) in [5, 5.41) is 3.19. The fourth-order valence-corrected chi connectivity index (χ4v) is 1.77. The van der Waals surface area contributed by atoms with Gasteiger partial charge in [0, 0.05) is 12.8 Å². The van der Waals surface area contributed by atoms with Crippen LogP contribution < -0.4 is 11.1 Å². The number of rotatable bonds is 3. The third-order valence-electron chi connectivity index (χ3n) is 2.57. The van der Waals surface area contributed by atoms with Crippen LogP contribution in [0.25, 0.3) is 0 Å². The standard InChI is InChI=1S/C11H15N3O2/c12-10(15)9-4-1-5-13-11(9)14-8-3-2-6-16-7-8/h1,4-5,8H,2-3,6-7H2,(H2,12,15)(H,13,14). The van der Waals surface area contributed by atoms with Gasteiger partial charge >= 0.3 is 0 Å². The van der Waals surface area contributed by atoms with Crippen LogP contribution in [-0.2, 0) is 4.74 Å². The summed E-state index contributed by atoms with van der Waals surface area (Å²) in [5.74, 6) is 0.0813. The number of nitrogens with two attached hydrogens (primary N) is 1. The molecule has 0 radical (unpaired) electrons. The highest BCUT2D eigenvalue weighted by Crippen LogP contribution is 2.15. The fraction of sp³-hybridized carbons (Fsp3) is 0.455. The molecule has 1 unspecified atom stereocenters. The van der Waals surface area contributed by atoms with Crippen LogP contribution in [-0.4, -0.2) is 30.1 Å². The van der Waals surface area contributed by atoms with Gasteiger partial charge in [0.1, 0.15) is 5.82 Å². The number of primary amides is 1. The molecule has 5 heteroatoms. The molecule has 1 fully saturated rings. The number of carbonyl (C=O) groups excluding carboxylic acids is 1. The van der Waals surface area contributed by atoms with Gasteiger partial charge in [-0.2, -0.15) is 0 Å². The second kappa shape index (κ2) is 4.94. The van der Waals surface area contributed by atoms with Crippen molar-refractivity contribution in [3.63, 3.8) is 0 Å². The van der Waals surface area contributed by atoms with Crippen LogP contribution in [0.15, 0.2) is 18.3 Å². The molecule has 0 bridgehead atoms. The Labute approximate surface area is 94.0 Å². The molecule has 1 aromatic rings. The van der Waals surface area contributed by atoms with E-state index in [9.17, 15) is 4.79 Å². The molecule has 1 aliphatic rings. The highest BCUT2D eigenvalue weighted by molar-refractivity contribution is 5.97. The summed E-state index contributed by atoms with van der Waals surface area (Å²) >= 11 is 0. The number of hydrogen-bond acceptors (Lipinski definition) is 4. The van der Waals surface area contributed by atoms with E-state index in [1.54, 1.807) is 18.3 Å². The normalized spacial score (nSPS) is 20.4. The van der Waals surface area contributed by atoms with Crippen molar-refractivity contribution in [1.82, 2.24) is 4.98 Å². The Morgan fingerprint density at radius 2 is 2.50 bits per heavy atom. The molecule has 2 rings (SSSR count). The number of amides is 1. The quantitative estimate of drug-likeness (QED) is 0.790. The van der Waals surface area contributed by atoms with Gasteiger partial charge in [-0.1, -0.05) is 0 Å². The summed E-state index contributed by atoms with van der Waals surface area (Å²) in [7, 11) is 0. The molecule has 16 heavy (non-hydrogen) atoms. The number of nitrogens with one attached hydrogen (secondary N) is 1. The smallest absolute Gasteiger partial charge is 0.252 e. The predicted octanol–water partition coefficient (Wildman–Crippen LogP) is 0.771. The zero-order valence-corrected chi connectivity index (χ0v) is 8.98. The van der Waals surface area contributed by atoms with E-state index in [1.165, 1.54) is 0 Å². The van der Waals surface area contributed by atoms with Crippen LogP contribution in [0.3, 0.4) is 0 Å². The Morgan fingerprint density at radius 1 is 1.62 bits per heavy atom. The first kappa shape index (κ1) is 10.9. The summed E-state index contributed by atoms with van der Waals surface area (Å²) in [6.07, 6.45) is 3.68. The minimum atomic E-state index is -0.465. The summed E-state index contributed by atoms with van der Waals surface area (Å²) in [6, 6.07) is 3.58. The third-order valence-corrected chi connectivity index (χ3v) is 2.57. The van der Waals surface area contributed by atoms with E-state index in [2.05, 4.69) is 10.3 Å². The molecule has 0 aromatic carbocycles. The molecule has 86 valence electrons. The Balaban J connectivity index is 2.10. The first-order valence-corrected chi connectivity index (χ1v) is 5.36. The maximum absolute atomic E-state index is 11.2. The molecule has 1 saturated heterocycles. The van der Waals surface area contributed by atoms with Gasteiger partial charge in [-0.25, -0.2) is 4.98 Å². The molecule has 0 saturated carbocycles. The molecule has 1 aliphatic heterocycles. The zero-order valence-electron chi connectivity index (χ0n) is 8.98. The van der Waals surface area contributed by atoms with Crippen LogP contribution in [0.4, 0.5) is 5.82 Å². The van der Waals surface area contributed by atoms with Crippen LogP contribution >= 0.6 is 0 Å². The average molecular weight is 221 g/mol. The minimum Gasteiger partial charge on any atom is -0.379 e. The largest absolute Gasteiger partial charge is 0.379 e. The monoisotopic (exact) mass is 221 g/mol. The number of nitrogens with zero attached hydrogens (tertiary/aromatic N) is 1. The number of aromatic nitrogens is 1. The van der Waals surface area contributed by atoms with Crippen molar-refractivity contribution in [1.29, 1.82) is 0 Å². The number of anilines is 1. The van der Waals surface area contributed by atoms with Gasteiger partial charge in [-0.3, -0.25) is 4.79 Å². The highest BCUT2D eigenvalue weighted by Gasteiger charge is 2.16. The molecule has 5 nitrogen and oxygen atoms in total. The maximum atomic E-state index is 11.2. The molecule has 1 aromatic heterocycles. The van der Waals surface area contributed by atoms with Crippen molar-refractivity contribution in [2.24, 2.45) is 5.73 Å². The van der Waals surface area contributed by atoms with E-state index in [-0.39, 0.29) is 6.04 Å². The van der Waals surface area contributed by atoms with Crippen LogP contribution in [0.1, 0.15) is 23.2 Å². The average Bonchev–Trinajstić information content (AvgIpc) is 2.31. The zero-order chi connectivity index (χ0) is 11.4. The predicted molar refractivity (Wildman–Crippen MR) is 60.2 cm³/mol. The van der Waals surface area contributed by atoms with Crippen molar-refractivity contribution >= 4 is 11.7 Å². The topological polar surface area (TPSA) is 77.2 Å². The summed E-state index contributed by atoms with van der Waals surface area (Å²) < 4.78 is 5.35. The molecule has 0 spiro atoms. The lowest BCUT2D eigenvalue weighted by molar-refractivity contribution is 0.0873. The van der Waals surface area contributed by atoms with Gasteiger partial charge in [0.05, 0.1) is 18.2 Å². The lowest BCUT2D eigenvalue weighted by Crippen LogP contribution is -2.31. The van der Waals surface area contributed by atoms with Gasteiger partial charge < -0.3 is 15.8 Å². The second-order valence-electron chi connectivity index (χ2n) is 3.82. The first-order valence-electron chi connectivity index (χ1n) is 5.36. The summed E-state index contributed by atoms with van der Waals surface area (Å²) in [4.78, 5) is 15.3. The van der Waals surface area contributed by atoms with Gasteiger partial charge in [0.15, 0.2) is 0 Å². The van der Waals surface area contributed by atoms with Crippen molar-refractivity contribution in [2.75, 3.05) is 18.5 Å². The number of hydrogen-bond donors (Lipinski definition) is 2. The lowest BCUT2D eigenvalue weighted by atomic mass is 10.1. The molecule has 2 heterocycles. The van der Waals surface area contributed by atoms with E-state index in [0.29, 0.717) is 18.0 Å². The molecular formula is C11H15N3O2. The van der Waals surface area contributed by atoms with Gasteiger partial charge in [0.25, 0.3) is 5.91 Å². The molecule has 1 atom stereocenters. The SMILES string of the molecule is NC(=O)c1cccnc1NC1CCCOC1. The molecule has 0 aliphatic carbocycles. The van der Waals surface area contributed by atoms with E-state index >= 15 is 0 Å². The van der Waals surface area contributed by atoms with Crippen molar-refractivity contribution in [3.8, 4) is 0 Å². The van der Waals surface area contributed by atoms with Crippen LogP contribution in [0.2, 0.25) is 0 Å². The molecular weight excluding hydrogens is 206 g/mol. The van der Waals surface area contributed by atoms with E-state index in [0.717, 1.165) is 19.4 Å². The summed E-state index contributed by atoms with van der Waals surface area (Å²) in [5.41, 5.74) is 5.69. The number of pyridine rings is 1.